The molecule has 0 bridgehead atoms. The molecule has 1 rings (SSSR count). The number of carbonyl (C=O) groups is 1. The molecule has 0 aliphatic rings. The summed E-state index contributed by atoms with van der Waals surface area (Å²) < 4.78 is 4.84. The Hall–Kier alpha value is -1.45. The van der Waals surface area contributed by atoms with Gasteiger partial charge in [0.2, 0.25) is 0 Å². The normalized spacial score (nSPS) is 9.42. The van der Waals surface area contributed by atoms with E-state index in [1.807, 2.05) is 0 Å². The van der Waals surface area contributed by atoms with Crippen molar-refractivity contribution < 1.29 is 14.6 Å². The van der Waals surface area contributed by atoms with Crippen LogP contribution >= 0.6 is 0 Å². The van der Waals surface area contributed by atoms with Gasteiger partial charge in [0.05, 0.1) is 12.7 Å². The first-order valence-corrected chi connectivity index (χ1v) is 3.30. The van der Waals surface area contributed by atoms with E-state index >= 15 is 0 Å². The molecular formula is C8H7BO3. The Balaban J connectivity index is 3.28. The van der Waals surface area contributed by atoms with Crippen LogP contribution in [-0.2, 0) is 0 Å². The lowest BCUT2D eigenvalue weighted by Crippen LogP contribution is -2.06. The first-order chi connectivity index (χ1) is 5.69. The van der Waals surface area contributed by atoms with Gasteiger partial charge in [-0.1, -0.05) is 5.46 Å². The molecule has 2 radical (unpaired) electrons. The first kappa shape index (κ1) is 8.65. The average molecular weight is 162 g/mol. The number of benzene rings is 1. The van der Waals surface area contributed by atoms with E-state index in [0.717, 1.165) is 0 Å². The van der Waals surface area contributed by atoms with Gasteiger partial charge in [-0.3, -0.25) is 4.79 Å². The van der Waals surface area contributed by atoms with Crippen molar-refractivity contribution in [2.24, 2.45) is 0 Å². The van der Waals surface area contributed by atoms with Gasteiger partial charge in [-0.25, -0.2) is 0 Å². The summed E-state index contributed by atoms with van der Waals surface area (Å²) in [4.78, 5) is 10.4. The molecule has 0 heterocycles. The predicted molar refractivity (Wildman–Crippen MR) is 45.4 cm³/mol. The predicted octanol–water partition coefficient (Wildman–Crippen LogP) is 0.00710. The lowest BCUT2D eigenvalue weighted by atomic mass is 9.92. The third kappa shape index (κ3) is 1.42. The summed E-state index contributed by atoms with van der Waals surface area (Å²) in [6.07, 6.45) is 0.522. The van der Waals surface area contributed by atoms with Crippen molar-refractivity contribution in [3.05, 3.63) is 17.7 Å². The van der Waals surface area contributed by atoms with Gasteiger partial charge in [-0.2, -0.15) is 0 Å². The Labute approximate surface area is 71.4 Å². The molecule has 0 aliphatic heterocycles. The monoisotopic (exact) mass is 162 g/mol. The Morgan fingerprint density at radius 1 is 1.58 bits per heavy atom. The van der Waals surface area contributed by atoms with E-state index in [-0.39, 0.29) is 16.8 Å². The lowest BCUT2D eigenvalue weighted by molar-refractivity contribution is 0.112. The minimum Gasteiger partial charge on any atom is -0.508 e. The van der Waals surface area contributed by atoms with E-state index in [2.05, 4.69) is 0 Å². The highest BCUT2D eigenvalue weighted by atomic mass is 16.5. The molecule has 12 heavy (non-hydrogen) atoms. The Morgan fingerprint density at radius 2 is 2.25 bits per heavy atom. The van der Waals surface area contributed by atoms with Gasteiger partial charge in [0.25, 0.3) is 0 Å². The molecule has 0 aliphatic carbocycles. The van der Waals surface area contributed by atoms with Gasteiger partial charge in [-0.05, 0) is 12.1 Å². The molecule has 0 amide bonds. The van der Waals surface area contributed by atoms with E-state index in [9.17, 15) is 9.90 Å². The second-order valence-corrected chi connectivity index (χ2v) is 2.27. The summed E-state index contributed by atoms with van der Waals surface area (Å²) in [5, 5.41) is 9.21. The zero-order valence-corrected chi connectivity index (χ0v) is 6.57. The second-order valence-electron chi connectivity index (χ2n) is 2.27. The van der Waals surface area contributed by atoms with Crippen molar-refractivity contribution in [3.8, 4) is 11.5 Å². The molecule has 0 fully saturated rings. The third-order valence-electron chi connectivity index (χ3n) is 1.51. The van der Waals surface area contributed by atoms with E-state index in [1.54, 1.807) is 0 Å². The summed E-state index contributed by atoms with van der Waals surface area (Å²) in [7, 11) is 6.84. The molecule has 1 aromatic carbocycles. The van der Waals surface area contributed by atoms with Crippen LogP contribution in [0.4, 0.5) is 0 Å². The number of phenols is 1. The Morgan fingerprint density at radius 3 is 2.75 bits per heavy atom. The first-order valence-electron chi connectivity index (χ1n) is 3.30. The summed E-state index contributed by atoms with van der Waals surface area (Å²) in [6.45, 7) is 0. The lowest BCUT2D eigenvalue weighted by Gasteiger charge is -2.05. The highest BCUT2D eigenvalue weighted by molar-refractivity contribution is 6.35. The largest absolute Gasteiger partial charge is 0.508 e. The quantitative estimate of drug-likeness (QED) is 0.492. The van der Waals surface area contributed by atoms with Crippen LogP contribution in [0.2, 0.25) is 0 Å². The zero-order chi connectivity index (χ0) is 9.14. The van der Waals surface area contributed by atoms with Crippen LogP contribution in [0.25, 0.3) is 0 Å². The van der Waals surface area contributed by atoms with Gasteiger partial charge in [0.1, 0.15) is 19.3 Å². The fraction of sp³-hybridized carbons (Fsp3) is 0.125. The van der Waals surface area contributed by atoms with Crippen molar-refractivity contribution in [3.63, 3.8) is 0 Å². The molecule has 1 N–H and O–H groups in total. The van der Waals surface area contributed by atoms with Crippen LogP contribution in [-0.4, -0.2) is 26.3 Å². The zero-order valence-electron chi connectivity index (χ0n) is 6.57. The topological polar surface area (TPSA) is 46.5 Å². The highest BCUT2D eigenvalue weighted by Gasteiger charge is 2.05. The summed E-state index contributed by atoms with van der Waals surface area (Å²) in [6, 6.07) is 2.86. The van der Waals surface area contributed by atoms with E-state index in [0.29, 0.717) is 12.0 Å². The van der Waals surface area contributed by atoms with Crippen LogP contribution in [0.5, 0.6) is 11.5 Å². The van der Waals surface area contributed by atoms with Crippen LogP contribution in [0.15, 0.2) is 12.1 Å². The number of hydrogen-bond acceptors (Lipinski definition) is 3. The molecule has 0 spiro atoms. The summed E-state index contributed by atoms with van der Waals surface area (Å²) in [5.74, 6) is 0.248. The standard InChI is InChI=1S/C8H7BO3/c1-12-6-2-5(4-10)8(11)7(9)3-6/h2-4,11H,1H3. The number of phenolic OH excluding ortho intramolecular Hbond substituents is 1. The van der Waals surface area contributed by atoms with E-state index in [1.165, 1.54) is 19.2 Å². The average Bonchev–Trinajstić information content (AvgIpc) is 2.09. The SMILES string of the molecule is [B]c1cc(OC)cc(C=O)c1O. The molecule has 0 atom stereocenters. The van der Waals surface area contributed by atoms with Gasteiger partial charge in [0.15, 0.2) is 6.29 Å². The Kier molecular flexibility index (Phi) is 2.38. The van der Waals surface area contributed by atoms with Crippen LogP contribution in [0, 0.1) is 0 Å². The number of aldehydes is 1. The molecule has 0 saturated heterocycles. The van der Waals surface area contributed by atoms with Crippen molar-refractivity contribution in [2.75, 3.05) is 7.11 Å². The number of ether oxygens (including phenoxy) is 1. The van der Waals surface area contributed by atoms with Crippen molar-refractivity contribution >= 4 is 19.6 Å². The van der Waals surface area contributed by atoms with Crippen LogP contribution < -0.4 is 10.2 Å². The molecule has 0 saturated carbocycles. The van der Waals surface area contributed by atoms with Gasteiger partial charge in [-0.15, -0.1) is 0 Å². The molecular weight excluding hydrogens is 155 g/mol. The smallest absolute Gasteiger partial charge is 0.153 e. The second kappa shape index (κ2) is 3.30. The number of carbonyl (C=O) groups excluding carboxylic acids is 1. The number of methoxy groups -OCH3 is 1. The molecule has 0 aromatic heterocycles. The minimum absolute atomic E-state index is 0.131. The third-order valence-corrected chi connectivity index (χ3v) is 1.51. The summed E-state index contributed by atoms with van der Waals surface area (Å²) >= 11 is 0. The molecule has 0 unspecified atom stereocenters. The van der Waals surface area contributed by atoms with Crippen LogP contribution in [0.1, 0.15) is 10.4 Å². The summed E-state index contributed by atoms with van der Waals surface area (Å²) in [5.41, 5.74) is 0.267. The van der Waals surface area contributed by atoms with Gasteiger partial charge >= 0.3 is 0 Å². The molecule has 60 valence electrons. The fourth-order valence-electron chi connectivity index (χ4n) is 0.859. The van der Waals surface area contributed by atoms with Crippen molar-refractivity contribution in [1.29, 1.82) is 0 Å². The van der Waals surface area contributed by atoms with E-state index < -0.39 is 0 Å². The Bertz CT molecular complexity index is 309. The molecule has 3 nitrogen and oxygen atoms in total. The fourth-order valence-corrected chi connectivity index (χ4v) is 0.859. The molecule has 4 heteroatoms. The number of hydrogen-bond donors (Lipinski definition) is 1. The van der Waals surface area contributed by atoms with Crippen molar-refractivity contribution in [2.45, 2.75) is 0 Å². The number of rotatable bonds is 2. The maximum absolute atomic E-state index is 10.4. The molecule has 1 aromatic rings. The highest BCUT2D eigenvalue weighted by Crippen LogP contribution is 2.18. The maximum atomic E-state index is 10.4. The van der Waals surface area contributed by atoms with Gasteiger partial charge < -0.3 is 9.84 Å². The maximum Gasteiger partial charge on any atom is 0.153 e. The minimum atomic E-state index is -0.203. The van der Waals surface area contributed by atoms with E-state index in [4.69, 9.17) is 12.6 Å². The van der Waals surface area contributed by atoms with Gasteiger partial charge in [0, 0.05) is 0 Å². The van der Waals surface area contributed by atoms with Crippen LogP contribution in [0.3, 0.4) is 0 Å². The number of aromatic hydroxyl groups is 1. The van der Waals surface area contributed by atoms with Crippen molar-refractivity contribution in [1.82, 2.24) is 0 Å².